The second-order valence-corrected chi connectivity index (χ2v) is 5.72. The molecule has 0 unspecified atom stereocenters. The average molecular weight is 237 g/mol. The monoisotopic (exact) mass is 236 g/mol. The summed E-state index contributed by atoms with van der Waals surface area (Å²) >= 11 is 6.34. The van der Waals surface area contributed by atoms with Crippen molar-refractivity contribution < 1.29 is 0 Å². The van der Waals surface area contributed by atoms with Crippen molar-refractivity contribution >= 4 is 11.6 Å². The predicted molar refractivity (Wildman–Crippen MR) is 66.8 cm³/mol. The van der Waals surface area contributed by atoms with Crippen molar-refractivity contribution in [2.24, 2.45) is 5.73 Å². The van der Waals surface area contributed by atoms with Gasteiger partial charge in [0.1, 0.15) is 0 Å². The molecule has 1 saturated carbocycles. The Bertz CT molecular complexity index is 420. The molecule has 2 N–H and O–H groups in total. The van der Waals surface area contributed by atoms with Gasteiger partial charge >= 0.3 is 0 Å². The zero-order valence-electron chi connectivity index (χ0n) is 9.54. The van der Waals surface area contributed by atoms with E-state index in [1.54, 1.807) is 0 Å². The van der Waals surface area contributed by atoms with Crippen LogP contribution in [0.2, 0.25) is 5.02 Å². The Kier molecular flexibility index (Phi) is 2.29. The number of hydrogen-bond donors (Lipinski definition) is 1. The Morgan fingerprint density at radius 3 is 2.56 bits per heavy atom. The summed E-state index contributed by atoms with van der Waals surface area (Å²) in [5.74, 6) is 0.611. The number of likely N-dealkylation sites (tertiary alicyclic amines) is 1. The highest BCUT2D eigenvalue weighted by Crippen LogP contribution is 2.44. The molecule has 1 aromatic rings. The van der Waals surface area contributed by atoms with E-state index in [1.165, 1.54) is 11.1 Å². The van der Waals surface area contributed by atoms with Crippen LogP contribution >= 0.6 is 11.6 Å². The summed E-state index contributed by atoms with van der Waals surface area (Å²) in [6, 6.07) is 6.40. The maximum atomic E-state index is 6.34. The van der Waals surface area contributed by atoms with Crippen molar-refractivity contribution in [3.05, 3.63) is 34.3 Å². The summed E-state index contributed by atoms with van der Waals surface area (Å²) in [4.78, 5) is 2.31. The minimum absolute atomic E-state index is 0.0709. The number of hydrogen-bond acceptors (Lipinski definition) is 2. The molecule has 0 aromatic heterocycles. The largest absolute Gasteiger partial charge is 0.321 e. The van der Waals surface area contributed by atoms with E-state index >= 15 is 0 Å². The molecule has 0 bridgehead atoms. The first-order valence-corrected chi connectivity index (χ1v) is 6.24. The van der Waals surface area contributed by atoms with Gasteiger partial charge in [-0.2, -0.15) is 0 Å². The van der Waals surface area contributed by atoms with Crippen LogP contribution in [0.25, 0.3) is 0 Å². The first-order valence-electron chi connectivity index (χ1n) is 5.86. The Hall–Kier alpha value is -0.570. The Labute approximate surface area is 101 Å². The SMILES string of the molecule is CN1CC(c2ccc(C3(N)CC3)cc2Cl)C1. The van der Waals surface area contributed by atoms with Crippen LogP contribution in [-0.2, 0) is 5.54 Å². The quantitative estimate of drug-likeness (QED) is 0.854. The molecule has 86 valence electrons. The third kappa shape index (κ3) is 1.65. The maximum Gasteiger partial charge on any atom is 0.0445 e. The molecule has 0 atom stereocenters. The predicted octanol–water partition coefficient (Wildman–Crippen LogP) is 2.32. The standard InChI is InChI=1S/C13H17ClN2/c1-16-7-9(8-16)11-3-2-10(6-12(11)14)13(15)4-5-13/h2-3,6,9H,4-5,7-8,15H2,1H3. The molecular weight excluding hydrogens is 220 g/mol. The summed E-state index contributed by atoms with van der Waals surface area (Å²) in [6.07, 6.45) is 2.18. The van der Waals surface area contributed by atoms with Crippen molar-refractivity contribution in [3.63, 3.8) is 0 Å². The molecule has 1 aliphatic heterocycles. The van der Waals surface area contributed by atoms with Crippen molar-refractivity contribution in [3.8, 4) is 0 Å². The zero-order chi connectivity index (χ0) is 11.3. The van der Waals surface area contributed by atoms with Gasteiger partial charge in [-0.1, -0.05) is 23.7 Å². The van der Waals surface area contributed by atoms with Crippen LogP contribution in [0.5, 0.6) is 0 Å². The fraction of sp³-hybridized carbons (Fsp3) is 0.538. The normalized spacial score (nSPS) is 24.2. The van der Waals surface area contributed by atoms with E-state index in [2.05, 4.69) is 30.1 Å². The lowest BCUT2D eigenvalue weighted by molar-refractivity contribution is 0.190. The van der Waals surface area contributed by atoms with E-state index in [0.29, 0.717) is 5.92 Å². The van der Waals surface area contributed by atoms with E-state index in [-0.39, 0.29) is 5.54 Å². The summed E-state index contributed by atoms with van der Waals surface area (Å²) in [5, 5.41) is 0.896. The molecule has 2 nitrogen and oxygen atoms in total. The minimum atomic E-state index is -0.0709. The van der Waals surface area contributed by atoms with E-state index in [1.807, 2.05) is 0 Å². The molecule has 1 aromatic carbocycles. The van der Waals surface area contributed by atoms with Gasteiger partial charge in [-0.25, -0.2) is 0 Å². The molecule has 3 rings (SSSR count). The zero-order valence-corrected chi connectivity index (χ0v) is 10.3. The number of halogens is 1. The second-order valence-electron chi connectivity index (χ2n) is 5.31. The van der Waals surface area contributed by atoms with Crippen molar-refractivity contribution in [2.75, 3.05) is 20.1 Å². The highest BCUT2D eigenvalue weighted by atomic mass is 35.5. The molecule has 1 saturated heterocycles. The highest BCUT2D eigenvalue weighted by molar-refractivity contribution is 6.31. The van der Waals surface area contributed by atoms with Crippen LogP contribution in [0.4, 0.5) is 0 Å². The van der Waals surface area contributed by atoms with Crippen LogP contribution in [0.3, 0.4) is 0 Å². The topological polar surface area (TPSA) is 29.3 Å². The van der Waals surface area contributed by atoms with Crippen LogP contribution in [0, 0.1) is 0 Å². The Morgan fingerprint density at radius 2 is 2.06 bits per heavy atom. The summed E-state index contributed by atoms with van der Waals surface area (Å²) in [7, 11) is 2.14. The van der Waals surface area contributed by atoms with Crippen LogP contribution < -0.4 is 5.73 Å². The first kappa shape index (κ1) is 10.6. The molecule has 0 spiro atoms. The number of likely N-dealkylation sites (N-methyl/N-ethyl adjacent to an activating group) is 1. The van der Waals surface area contributed by atoms with Gasteiger partial charge in [0.2, 0.25) is 0 Å². The third-order valence-corrected chi connectivity index (χ3v) is 4.20. The van der Waals surface area contributed by atoms with Crippen molar-refractivity contribution in [1.29, 1.82) is 0 Å². The summed E-state index contributed by atoms with van der Waals surface area (Å²) in [6.45, 7) is 2.24. The molecular formula is C13H17ClN2. The van der Waals surface area contributed by atoms with Gasteiger partial charge in [0.25, 0.3) is 0 Å². The molecule has 0 amide bonds. The second kappa shape index (κ2) is 3.46. The molecule has 1 aliphatic carbocycles. The van der Waals surface area contributed by atoms with Crippen LogP contribution in [-0.4, -0.2) is 25.0 Å². The molecule has 0 radical (unpaired) electrons. The maximum absolute atomic E-state index is 6.34. The van der Waals surface area contributed by atoms with Gasteiger partial charge in [-0.15, -0.1) is 0 Å². The first-order chi connectivity index (χ1) is 7.58. The third-order valence-electron chi connectivity index (χ3n) is 3.87. The lowest BCUT2D eigenvalue weighted by Crippen LogP contribution is -2.41. The smallest absolute Gasteiger partial charge is 0.0445 e. The minimum Gasteiger partial charge on any atom is -0.321 e. The van der Waals surface area contributed by atoms with E-state index in [0.717, 1.165) is 31.0 Å². The number of nitrogens with zero attached hydrogens (tertiary/aromatic N) is 1. The van der Waals surface area contributed by atoms with Gasteiger partial charge in [-0.3, -0.25) is 0 Å². The van der Waals surface area contributed by atoms with E-state index in [9.17, 15) is 0 Å². The van der Waals surface area contributed by atoms with Gasteiger partial charge in [0.05, 0.1) is 0 Å². The van der Waals surface area contributed by atoms with Crippen molar-refractivity contribution in [1.82, 2.24) is 4.90 Å². The van der Waals surface area contributed by atoms with Crippen LogP contribution in [0.15, 0.2) is 18.2 Å². The van der Waals surface area contributed by atoms with Crippen molar-refractivity contribution in [2.45, 2.75) is 24.3 Å². The number of rotatable bonds is 2. The lowest BCUT2D eigenvalue weighted by Gasteiger charge is -2.37. The van der Waals surface area contributed by atoms with Gasteiger partial charge in [0, 0.05) is 29.6 Å². The van der Waals surface area contributed by atoms with E-state index in [4.69, 9.17) is 17.3 Å². The highest BCUT2D eigenvalue weighted by Gasteiger charge is 2.40. The molecule has 2 fully saturated rings. The van der Waals surface area contributed by atoms with Gasteiger partial charge < -0.3 is 10.6 Å². The fourth-order valence-electron chi connectivity index (χ4n) is 2.49. The Balaban J connectivity index is 1.86. The summed E-state index contributed by atoms with van der Waals surface area (Å²) < 4.78 is 0. The fourth-order valence-corrected chi connectivity index (χ4v) is 2.82. The summed E-state index contributed by atoms with van der Waals surface area (Å²) in [5.41, 5.74) is 8.58. The van der Waals surface area contributed by atoms with Gasteiger partial charge in [-0.05, 0) is 37.1 Å². The Morgan fingerprint density at radius 1 is 1.38 bits per heavy atom. The number of nitrogens with two attached hydrogens (primary N) is 1. The average Bonchev–Trinajstić information content (AvgIpc) is 2.94. The molecule has 3 heteroatoms. The lowest BCUT2D eigenvalue weighted by atomic mass is 9.90. The van der Waals surface area contributed by atoms with Crippen LogP contribution in [0.1, 0.15) is 29.9 Å². The molecule has 2 aliphatic rings. The molecule has 16 heavy (non-hydrogen) atoms. The molecule has 1 heterocycles. The van der Waals surface area contributed by atoms with Gasteiger partial charge in [0.15, 0.2) is 0 Å². The number of benzene rings is 1. The van der Waals surface area contributed by atoms with E-state index < -0.39 is 0 Å².